The van der Waals surface area contributed by atoms with Gasteiger partial charge in [0.05, 0.1) is 5.69 Å². The van der Waals surface area contributed by atoms with Crippen LogP contribution in [0.15, 0.2) is 24.4 Å². The fraction of sp³-hybridized carbons (Fsp3) is 0.500. The van der Waals surface area contributed by atoms with Gasteiger partial charge in [0.2, 0.25) is 0 Å². The lowest BCUT2D eigenvalue weighted by Crippen LogP contribution is -2.16. The highest BCUT2D eigenvalue weighted by Crippen LogP contribution is 1.92. The molecule has 88 valence electrons. The lowest BCUT2D eigenvalue weighted by atomic mass is 10.3. The van der Waals surface area contributed by atoms with Crippen molar-refractivity contribution in [2.75, 3.05) is 13.1 Å². The van der Waals surface area contributed by atoms with Gasteiger partial charge in [-0.15, -0.1) is 24.8 Å². The van der Waals surface area contributed by atoms with Crippen molar-refractivity contribution in [3.8, 4) is 0 Å². The summed E-state index contributed by atoms with van der Waals surface area (Å²) < 4.78 is 0. The van der Waals surface area contributed by atoms with Crippen molar-refractivity contribution in [3.05, 3.63) is 30.1 Å². The summed E-state index contributed by atoms with van der Waals surface area (Å²) in [6.45, 7) is 2.66. The minimum absolute atomic E-state index is 0. The van der Waals surface area contributed by atoms with Gasteiger partial charge in [0.15, 0.2) is 0 Å². The Kier molecular flexibility index (Phi) is 13.3. The maximum atomic E-state index is 5.38. The second-order valence-corrected chi connectivity index (χ2v) is 2.99. The van der Waals surface area contributed by atoms with Crippen molar-refractivity contribution in [1.82, 2.24) is 10.3 Å². The van der Waals surface area contributed by atoms with E-state index in [1.807, 2.05) is 24.4 Å². The molecule has 3 nitrogen and oxygen atoms in total. The van der Waals surface area contributed by atoms with E-state index in [0.29, 0.717) is 0 Å². The minimum Gasteiger partial charge on any atom is -0.330 e. The van der Waals surface area contributed by atoms with Gasteiger partial charge in [-0.25, -0.2) is 0 Å². The maximum Gasteiger partial charge on any atom is 0.0541 e. The second-order valence-electron chi connectivity index (χ2n) is 2.99. The number of aromatic nitrogens is 1. The zero-order valence-corrected chi connectivity index (χ0v) is 10.3. The smallest absolute Gasteiger partial charge is 0.0541 e. The van der Waals surface area contributed by atoms with Gasteiger partial charge in [-0.1, -0.05) is 6.07 Å². The van der Waals surface area contributed by atoms with E-state index in [1.165, 1.54) is 0 Å². The van der Waals surface area contributed by atoms with Gasteiger partial charge in [-0.05, 0) is 38.1 Å². The Hall–Kier alpha value is -0.350. The van der Waals surface area contributed by atoms with Gasteiger partial charge >= 0.3 is 0 Å². The van der Waals surface area contributed by atoms with Gasteiger partial charge in [-0.2, -0.15) is 0 Å². The molecule has 1 rings (SSSR count). The van der Waals surface area contributed by atoms with Crippen LogP contribution in [0.4, 0.5) is 0 Å². The first-order valence-electron chi connectivity index (χ1n) is 4.74. The predicted molar refractivity (Wildman–Crippen MR) is 68.7 cm³/mol. The molecule has 0 aliphatic rings. The molecule has 0 atom stereocenters. The number of nitrogens with one attached hydrogen (secondary N) is 1. The molecule has 0 aromatic carbocycles. The molecule has 0 bridgehead atoms. The molecule has 0 aliphatic carbocycles. The normalized spacial score (nSPS) is 8.87. The number of nitrogens with two attached hydrogens (primary N) is 1. The Bertz CT molecular complexity index is 219. The first-order valence-corrected chi connectivity index (χ1v) is 4.74. The Balaban J connectivity index is 0. The molecule has 5 heteroatoms. The minimum atomic E-state index is 0. The number of hydrogen-bond acceptors (Lipinski definition) is 3. The summed E-state index contributed by atoms with van der Waals surface area (Å²) in [5.74, 6) is 0. The van der Waals surface area contributed by atoms with Crippen LogP contribution in [0.25, 0.3) is 0 Å². The van der Waals surface area contributed by atoms with E-state index in [4.69, 9.17) is 5.73 Å². The molecule has 1 aromatic heterocycles. The van der Waals surface area contributed by atoms with Crippen LogP contribution in [0.1, 0.15) is 18.5 Å². The largest absolute Gasteiger partial charge is 0.330 e. The maximum absolute atomic E-state index is 5.38. The van der Waals surface area contributed by atoms with Crippen LogP contribution < -0.4 is 11.1 Å². The number of halogens is 2. The number of nitrogens with zero attached hydrogens (tertiary/aromatic N) is 1. The summed E-state index contributed by atoms with van der Waals surface area (Å²) in [6.07, 6.45) is 4.05. The Morgan fingerprint density at radius 1 is 1.20 bits per heavy atom. The van der Waals surface area contributed by atoms with Crippen LogP contribution >= 0.6 is 24.8 Å². The number of unbranched alkanes of at least 4 members (excludes halogenated alkanes) is 1. The molecule has 1 aromatic rings. The second kappa shape index (κ2) is 11.7. The fourth-order valence-corrected chi connectivity index (χ4v) is 1.11. The lowest BCUT2D eigenvalue weighted by Gasteiger charge is -2.02. The average Bonchev–Trinajstić information content (AvgIpc) is 2.19. The van der Waals surface area contributed by atoms with E-state index < -0.39 is 0 Å². The highest BCUT2D eigenvalue weighted by atomic mass is 35.5. The van der Waals surface area contributed by atoms with E-state index in [0.717, 1.165) is 38.2 Å². The summed E-state index contributed by atoms with van der Waals surface area (Å²) in [5, 5.41) is 3.32. The monoisotopic (exact) mass is 251 g/mol. The Morgan fingerprint density at radius 3 is 2.60 bits per heavy atom. The van der Waals surface area contributed by atoms with E-state index in [2.05, 4.69) is 10.3 Å². The van der Waals surface area contributed by atoms with E-state index in [1.54, 1.807) is 0 Å². The molecule has 0 spiro atoms. The van der Waals surface area contributed by atoms with Crippen LogP contribution in [0, 0.1) is 0 Å². The third kappa shape index (κ3) is 8.63. The molecule has 15 heavy (non-hydrogen) atoms. The third-order valence-corrected chi connectivity index (χ3v) is 1.84. The number of hydrogen-bond donors (Lipinski definition) is 2. The van der Waals surface area contributed by atoms with Crippen LogP contribution in [0.5, 0.6) is 0 Å². The Labute approximate surface area is 104 Å². The number of pyridine rings is 1. The molecule has 3 N–H and O–H groups in total. The number of rotatable bonds is 6. The summed E-state index contributed by atoms with van der Waals surface area (Å²) >= 11 is 0. The zero-order chi connectivity index (χ0) is 9.36. The quantitative estimate of drug-likeness (QED) is 0.758. The average molecular weight is 252 g/mol. The van der Waals surface area contributed by atoms with Crippen LogP contribution in [-0.2, 0) is 6.54 Å². The van der Waals surface area contributed by atoms with Gasteiger partial charge in [0.25, 0.3) is 0 Å². The van der Waals surface area contributed by atoms with Crippen LogP contribution in [0.2, 0.25) is 0 Å². The molecular formula is C10H19Cl2N3. The van der Waals surface area contributed by atoms with E-state index >= 15 is 0 Å². The van der Waals surface area contributed by atoms with Gasteiger partial charge < -0.3 is 11.1 Å². The molecule has 0 saturated carbocycles. The first kappa shape index (κ1) is 17.1. The fourth-order valence-electron chi connectivity index (χ4n) is 1.11. The summed E-state index contributed by atoms with van der Waals surface area (Å²) in [5.41, 5.74) is 6.47. The van der Waals surface area contributed by atoms with E-state index in [-0.39, 0.29) is 24.8 Å². The molecule has 0 aliphatic heterocycles. The van der Waals surface area contributed by atoms with Crippen molar-refractivity contribution >= 4 is 24.8 Å². The third-order valence-electron chi connectivity index (χ3n) is 1.84. The van der Waals surface area contributed by atoms with Crippen molar-refractivity contribution in [3.63, 3.8) is 0 Å². The first-order chi connectivity index (χ1) is 6.43. The topological polar surface area (TPSA) is 50.9 Å². The van der Waals surface area contributed by atoms with Crippen molar-refractivity contribution in [2.45, 2.75) is 19.4 Å². The highest BCUT2D eigenvalue weighted by molar-refractivity contribution is 5.85. The molecule has 0 fully saturated rings. The molecule has 0 unspecified atom stereocenters. The Morgan fingerprint density at radius 2 is 2.00 bits per heavy atom. The van der Waals surface area contributed by atoms with Gasteiger partial charge in [0, 0.05) is 12.7 Å². The summed E-state index contributed by atoms with van der Waals surface area (Å²) in [4.78, 5) is 4.21. The molecular weight excluding hydrogens is 233 g/mol. The zero-order valence-electron chi connectivity index (χ0n) is 8.69. The molecule has 0 radical (unpaired) electrons. The van der Waals surface area contributed by atoms with Crippen LogP contribution in [0.3, 0.4) is 0 Å². The summed E-state index contributed by atoms with van der Waals surface area (Å²) in [7, 11) is 0. The molecule has 0 saturated heterocycles. The lowest BCUT2D eigenvalue weighted by molar-refractivity contribution is 0.621. The van der Waals surface area contributed by atoms with Gasteiger partial charge in [0.1, 0.15) is 0 Å². The highest BCUT2D eigenvalue weighted by Gasteiger charge is 1.91. The van der Waals surface area contributed by atoms with Crippen molar-refractivity contribution < 1.29 is 0 Å². The van der Waals surface area contributed by atoms with Crippen LogP contribution in [-0.4, -0.2) is 18.1 Å². The van der Waals surface area contributed by atoms with Gasteiger partial charge in [-0.3, -0.25) is 4.98 Å². The SMILES string of the molecule is Cl.Cl.NCCCCNCc1ccccn1. The summed E-state index contributed by atoms with van der Waals surface area (Å²) in [6, 6.07) is 5.96. The standard InChI is InChI=1S/C10H17N3.2ClH/c11-6-2-4-7-12-9-10-5-1-3-8-13-10;;/h1,3,5,8,12H,2,4,6-7,9,11H2;2*1H. The van der Waals surface area contributed by atoms with Crippen molar-refractivity contribution in [2.24, 2.45) is 5.73 Å². The van der Waals surface area contributed by atoms with E-state index in [9.17, 15) is 0 Å². The van der Waals surface area contributed by atoms with Crippen molar-refractivity contribution in [1.29, 1.82) is 0 Å². The molecule has 0 amide bonds. The molecule has 1 heterocycles. The predicted octanol–water partition coefficient (Wildman–Crippen LogP) is 1.75.